The van der Waals surface area contributed by atoms with Crippen molar-refractivity contribution in [3.63, 3.8) is 0 Å². The van der Waals surface area contributed by atoms with Gasteiger partial charge in [0.15, 0.2) is 5.69 Å². The first-order chi connectivity index (χ1) is 13.4. The van der Waals surface area contributed by atoms with Gasteiger partial charge in [0, 0.05) is 10.6 Å². The third kappa shape index (κ3) is 3.70. The summed E-state index contributed by atoms with van der Waals surface area (Å²) < 4.78 is 0.882. The fourth-order valence-corrected chi connectivity index (χ4v) is 2.77. The summed E-state index contributed by atoms with van der Waals surface area (Å²) in [6.07, 6.45) is 3.04. The zero-order valence-electron chi connectivity index (χ0n) is 14.8. The van der Waals surface area contributed by atoms with E-state index in [0.717, 1.165) is 15.8 Å². The normalized spacial score (nSPS) is 10.8. The second kappa shape index (κ2) is 7.91. The Hall–Kier alpha value is -3.69. The lowest BCUT2D eigenvalue weighted by Crippen LogP contribution is -2.28. The number of hydrogen-bond donors (Lipinski definition) is 1. The van der Waals surface area contributed by atoms with Crippen molar-refractivity contribution in [3.8, 4) is 11.8 Å². The van der Waals surface area contributed by atoms with Gasteiger partial charge in [-0.2, -0.15) is 15.0 Å². The summed E-state index contributed by atoms with van der Waals surface area (Å²) in [5, 5.41) is 23.5. The molecule has 1 heterocycles. The van der Waals surface area contributed by atoms with E-state index in [0.29, 0.717) is 5.02 Å². The molecule has 6 nitrogen and oxygen atoms in total. The van der Waals surface area contributed by atoms with E-state index in [1.54, 1.807) is 25.1 Å². The van der Waals surface area contributed by atoms with E-state index in [1.807, 2.05) is 36.4 Å². The number of nitriles is 1. The molecule has 138 valence electrons. The van der Waals surface area contributed by atoms with Gasteiger partial charge in [0.2, 0.25) is 0 Å². The smallest absolute Gasteiger partial charge is 0.357 e. The quantitative estimate of drug-likeness (QED) is 0.726. The third-order valence-corrected chi connectivity index (χ3v) is 4.49. The lowest BCUT2D eigenvalue weighted by molar-refractivity contribution is 0.0688. The summed E-state index contributed by atoms with van der Waals surface area (Å²) in [5.41, 5.74) is 0.380. The lowest BCUT2D eigenvalue weighted by Gasteiger charge is -2.10. The standard InChI is InChI=1S/C21H14ClN3O3/c1-13-7-9-15(11-18(13)22)25-20(26)17(12-23)16(19(24-25)21(27)28)10-8-14-5-3-2-4-6-14/h2-11H,1H3,(H,27,28)/b10-8+. The van der Waals surface area contributed by atoms with Crippen molar-refractivity contribution in [2.24, 2.45) is 0 Å². The molecule has 3 aromatic rings. The second-order valence-corrected chi connectivity index (χ2v) is 6.36. The van der Waals surface area contributed by atoms with Crippen molar-refractivity contribution < 1.29 is 9.90 Å². The van der Waals surface area contributed by atoms with Crippen LogP contribution in [0.2, 0.25) is 5.02 Å². The maximum Gasteiger partial charge on any atom is 0.357 e. The van der Waals surface area contributed by atoms with Crippen molar-refractivity contribution in [2.45, 2.75) is 6.92 Å². The van der Waals surface area contributed by atoms with Crippen LogP contribution in [0, 0.1) is 18.3 Å². The zero-order chi connectivity index (χ0) is 20.3. The van der Waals surface area contributed by atoms with Crippen LogP contribution in [0.15, 0.2) is 53.3 Å². The molecule has 0 bridgehead atoms. The number of benzene rings is 2. The Morgan fingerprint density at radius 2 is 1.93 bits per heavy atom. The Labute approximate surface area is 165 Å². The molecule has 0 aliphatic carbocycles. The molecule has 28 heavy (non-hydrogen) atoms. The Morgan fingerprint density at radius 1 is 1.21 bits per heavy atom. The van der Waals surface area contributed by atoms with Gasteiger partial charge in [-0.15, -0.1) is 0 Å². The highest BCUT2D eigenvalue weighted by atomic mass is 35.5. The number of aryl methyl sites for hydroxylation is 1. The molecule has 3 rings (SSSR count). The first-order valence-electron chi connectivity index (χ1n) is 8.22. The summed E-state index contributed by atoms with van der Waals surface area (Å²) in [7, 11) is 0. The molecular weight excluding hydrogens is 378 g/mol. The van der Waals surface area contributed by atoms with Crippen LogP contribution in [0.3, 0.4) is 0 Å². The van der Waals surface area contributed by atoms with Crippen LogP contribution >= 0.6 is 11.6 Å². The van der Waals surface area contributed by atoms with Gasteiger partial charge in [-0.05, 0) is 30.2 Å². The Morgan fingerprint density at radius 3 is 2.54 bits per heavy atom. The fraction of sp³-hybridized carbons (Fsp3) is 0.0476. The van der Waals surface area contributed by atoms with E-state index in [1.165, 1.54) is 12.1 Å². The zero-order valence-corrected chi connectivity index (χ0v) is 15.5. The van der Waals surface area contributed by atoms with Crippen LogP contribution in [0.4, 0.5) is 0 Å². The highest BCUT2D eigenvalue weighted by molar-refractivity contribution is 6.31. The number of halogens is 1. The van der Waals surface area contributed by atoms with E-state index in [2.05, 4.69) is 5.10 Å². The minimum Gasteiger partial charge on any atom is -0.476 e. The molecule has 0 aliphatic rings. The first-order valence-corrected chi connectivity index (χ1v) is 8.60. The molecule has 1 N–H and O–H groups in total. The Balaban J connectivity index is 2.24. The molecule has 0 fully saturated rings. The summed E-state index contributed by atoms with van der Waals surface area (Å²) in [5.74, 6) is -1.35. The molecule has 1 aromatic heterocycles. The molecule has 2 aromatic carbocycles. The topological polar surface area (TPSA) is 96.0 Å². The van der Waals surface area contributed by atoms with Crippen LogP contribution in [0.25, 0.3) is 17.8 Å². The van der Waals surface area contributed by atoms with E-state index in [4.69, 9.17) is 11.6 Å². The molecule has 0 unspecified atom stereocenters. The van der Waals surface area contributed by atoms with Crippen molar-refractivity contribution in [3.05, 3.63) is 91.9 Å². The van der Waals surface area contributed by atoms with Gasteiger partial charge in [-0.1, -0.05) is 60.2 Å². The molecule has 0 radical (unpaired) electrons. The Kier molecular flexibility index (Phi) is 5.39. The van der Waals surface area contributed by atoms with Gasteiger partial charge >= 0.3 is 5.97 Å². The van der Waals surface area contributed by atoms with Gasteiger partial charge in [0.25, 0.3) is 5.56 Å². The maximum absolute atomic E-state index is 12.8. The van der Waals surface area contributed by atoms with Crippen molar-refractivity contribution in [2.75, 3.05) is 0 Å². The highest BCUT2D eigenvalue weighted by Crippen LogP contribution is 2.20. The first kappa shape index (κ1) is 19.1. The van der Waals surface area contributed by atoms with Crippen LogP contribution < -0.4 is 5.56 Å². The van der Waals surface area contributed by atoms with Gasteiger partial charge in [0.1, 0.15) is 11.6 Å². The summed E-state index contributed by atoms with van der Waals surface area (Å²) in [6.45, 7) is 1.79. The monoisotopic (exact) mass is 391 g/mol. The van der Waals surface area contributed by atoms with Gasteiger partial charge < -0.3 is 5.11 Å². The summed E-state index contributed by atoms with van der Waals surface area (Å²) in [4.78, 5) is 24.6. The molecule has 0 spiro atoms. The van der Waals surface area contributed by atoms with Crippen LogP contribution in [-0.2, 0) is 0 Å². The van der Waals surface area contributed by atoms with E-state index in [-0.39, 0.29) is 16.8 Å². The number of aromatic carboxylic acids is 1. The van der Waals surface area contributed by atoms with Crippen LogP contribution in [0.1, 0.15) is 32.7 Å². The number of aromatic nitrogens is 2. The van der Waals surface area contributed by atoms with E-state index in [9.17, 15) is 20.0 Å². The predicted octanol–water partition coefficient (Wildman–Crippen LogP) is 3.93. The molecule has 7 heteroatoms. The average molecular weight is 392 g/mol. The second-order valence-electron chi connectivity index (χ2n) is 5.95. The lowest BCUT2D eigenvalue weighted by atomic mass is 10.1. The molecular formula is C21H14ClN3O3. The van der Waals surface area contributed by atoms with E-state index >= 15 is 0 Å². The molecule has 0 saturated carbocycles. The average Bonchev–Trinajstić information content (AvgIpc) is 2.69. The van der Waals surface area contributed by atoms with E-state index < -0.39 is 17.2 Å². The van der Waals surface area contributed by atoms with Crippen molar-refractivity contribution in [1.29, 1.82) is 5.26 Å². The number of carboxylic acids is 1. The SMILES string of the molecule is Cc1ccc(-n2nc(C(=O)O)c(/C=C/c3ccccc3)c(C#N)c2=O)cc1Cl. The number of carbonyl (C=O) groups is 1. The number of carboxylic acid groups (broad SMARTS) is 1. The van der Waals surface area contributed by atoms with Gasteiger partial charge in [-0.3, -0.25) is 4.79 Å². The minimum absolute atomic E-state index is 0.0432. The largest absolute Gasteiger partial charge is 0.476 e. The summed E-state index contributed by atoms with van der Waals surface area (Å²) in [6, 6.07) is 15.7. The summed E-state index contributed by atoms with van der Waals surface area (Å²) >= 11 is 6.11. The third-order valence-electron chi connectivity index (χ3n) is 4.09. The van der Waals surface area contributed by atoms with Crippen LogP contribution in [-0.4, -0.2) is 20.9 Å². The fourth-order valence-electron chi connectivity index (χ4n) is 2.60. The number of nitrogens with zero attached hydrogens (tertiary/aromatic N) is 3. The van der Waals surface area contributed by atoms with Gasteiger partial charge in [0.05, 0.1) is 5.69 Å². The van der Waals surface area contributed by atoms with Crippen molar-refractivity contribution >= 4 is 29.7 Å². The molecule has 0 amide bonds. The molecule has 0 atom stereocenters. The van der Waals surface area contributed by atoms with Crippen molar-refractivity contribution in [1.82, 2.24) is 9.78 Å². The predicted molar refractivity (Wildman–Crippen MR) is 107 cm³/mol. The highest BCUT2D eigenvalue weighted by Gasteiger charge is 2.21. The van der Waals surface area contributed by atoms with Gasteiger partial charge in [-0.25, -0.2) is 4.79 Å². The van der Waals surface area contributed by atoms with Crippen LogP contribution in [0.5, 0.6) is 0 Å². The molecule has 0 aliphatic heterocycles. The minimum atomic E-state index is -1.35. The number of hydrogen-bond acceptors (Lipinski definition) is 4. The maximum atomic E-state index is 12.8. The molecule has 0 saturated heterocycles. The Bertz CT molecular complexity index is 1190. The number of rotatable bonds is 4.